The third-order valence-electron chi connectivity index (χ3n) is 4.67. The van der Waals surface area contributed by atoms with Crippen LogP contribution in [0.25, 0.3) is 0 Å². The minimum Gasteiger partial charge on any atom is -0.382 e. The largest absolute Gasteiger partial charge is 0.382 e. The van der Waals surface area contributed by atoms with Gasteiger partial charge in [0.25, 0.3) is 5.91 Å². The van der Waals surface area contributed by atoms with E-state index in [-0.39, 0.29) is 18.7 Å². The predicted molar refractivity (Wildman–Crippen MR) is 90.5 cm³/mol. The summed E-state index contributed by atoms with van der Waals surface area (Å²) in [4.78, 5) is 15.0. The second kappa shape index (κ2) is 7.92. The first-order valence-corrected chi connectivity index (χ1v) is 8.55. The van der Waals surface area contributed by atoms with Gasteiger partial charge in [-0.3, -0.25) is 4.79 Å². The van der Waals surface area contributed by atoms with Crippen LogP contribution in [0.1, 0.15) is 36.0 Å². The number of fused-ring (bicyclic) bond motifs is 2. The fourth-order valence-corrected chi connectivity index (χ4v) is 3.45. The van der Waals surface area contributed by atoms with Crippen molar-refractivity contribution in [3.05, 3.63) is 48.0 Å². The zero-order valence-electron chi connectivity index (χ0n) is 14.1. The van der Waals surface area contributed by atoms with Crippen LogP contribution in [-0.2, 0) is 14.2 Å². The molecule has 3 rings (SSSR count). The van der Waals surface area contributed by atoms with Crippen molar-refractivity contribution in [3.8, 4) is 0 Å². The van der Waals surface area contributed by atoms with E-state index in [4.69, 9.17) is 14.2 Å². The van der Waals surface area contributed by atoms with Crippen LogP contribution in [0.3, 0.4) is 0 Å². The third kappa shape index (κ3) is 3.53. The van der Waals surface area contributed by atoms with Crippen molar-refractivity contribution in [1.29, 1.82) is 0 Å². The molecule has 1 aromatic rings. The van der Waals surface area contributed by atoms with Crippen molar-refractivity contribution in [2.75, 3.05) is 27.1 Å². The van der Waals surface area contributed by atoms with Gasteiger partial charge in [0.05, 0.1) is 19.3 Å². The number of carbonyl (C=O) groups excluding carboxylic acids is 1. The van der Waals surface area contributed by atoms with Gasteiger partial charge in [0.2, 0.25) is 0 Å². The Balaban J connectivity index is 1.76. The molecular weight excluding hydrogens is 306 g/mol. The van der Waals surface area contributed by atoms with Crippen LogP contribution in [0.15, 0.2) is 42.5 Å². The first kappa shape index (κ1) is 17.1. The van der Waals surface area contributed by atoms with Crippen molar-refractivity contribution in [1.82, 2.24) is 4.90 Å². The zero-order chi connectivity index (χ0) is 16.8. The number of nitrogens with zero attached hydrogens (tertiary/aromatic N) is 1. The van der Waals surface area contributed by atoms with Gasteiger partial charge < -0.3 is 19.1 Å². The summed E-state index contributed by atoms with van der Waals surface area (Å²) < 4.78 is 16.5. The Morgan fingerprint density at radius 2 is 2.08 bits per heavy atom. The Morgan fingerprint density at radius 3 is 2.88 bits per heavy atom. The van der Waals surface area contributed by atoms with E-state index in [1.165, 1.54) is 0 Å². The zero-order valence-corrected chi connectivity index (χ0v) is 14.1. The number of hydrogen-bond acceptors (Lipinski definition) is 4. The SMILES string of the molecule is COCCOCO[C@]12C=C[C@H](CCCC1)N2C(=O)c1ccccc1. The Morgan fingerprint density at radius 1 is 1.25 bits per heavy atom. The highest BCUT2D eigenvalue weighted by molar-refractivity contribution is 5.95. The lowest BCUT2D eigenvalue weighted by Crippen LogP contribution is -2.52. The normalized spacial score (nSPS) is 25.7. The van der Waals surface area contributed by atoms with Crippen LogP contribution in [0.2, 0.25) is 0 Å². The first-order chi connectivity index (χ1) is 11.8. The Labute approximate surface area is 143 Å². The lowest BCUT2D eigenvalue weighted by atomic mass is 10.0. The average Bonchev–Trinajstić information content (AvgIpc) is 2.85. The van der Waals surface area contributed by atoms with E-state index in [1.807, 2.05) is 41.3 Å². The number of hydrogen-bond donors (Lipinski definition) is 0. The van der Waals surface area contributed by atoms with Gasteiger partial charge in [-0.25, -0.2) is 0 Å². The van der Waals surface area contributed by atoms with E-state index in [0.29, 0.717) is 18.8 Å². The molecule has 2 bridgehead atoms. The first-order valence-electron chi connectivity index (χ1n) is 8.55. The van der Waals surface area contributed by atoms with Gasteiger partial charge in [0.1, 0.15) is 6.79 Å². The molecule has 0 aromatic heterocycles. The number of rotatable bonds is 7. The summed E-state index contributed by atoms with van der Waals surface area (Å²) in [6.45, 7) is 1.16. The molecular formula is C19H25NO4. The number of amides is 1. The Kier molecular flexibility index (Phi) is 5.66. The summed E-state index contributed by atoms with van der Waals surface area (Å²) in [5.41, 5.74) is 0.00243. The molecule has 24 heavy (non-hydrogen) atoms. The van der Waals surface area contributed by atoms with Crippen molar-refractivity contribution in [2.24, 2.45) is 0 Å². The number of methoxy groups -OCH3 is 1. The lowest BCUT2D eigenvalue weighted by molar-refractivity contribution is -0.175. The van der Waals surface area contributed by atoms with Gasteiger partial charge in [-0.2, -0.15) is 0 Å². The van der Waals surface area contributed by atoms with Crippen LogP contribution < -0.4 is 0 Å². The van der Waals surface area contributed by atoms with Crippen LogP contribution in [0, 0.1) is 0 Å². The highest BCUT2D eigenvalue weighted by Crippen LogP contribution is 2.39. The molecule has 1 aromatic carbocycles. The van der Waals surface area contributed by atoms with Crippen molar-refractivity contribution < 1.29 is 19.0 Å². The van der Waals surface area contributed by atoms with Crippen LogP contribution >= 0.6 is 0 Å². The molecule has 0 saturated carbocycles. The minimum atomic E-state index is -0.693. The molecule has 0 radical (unpaired) electrons. The van der Waals surface area contributed by atoms with Gasteiger partial charge >= 0.3 is 0 Å². The Hall–Kier alpha value is -1.69. The average molecular weight is 331 g/mol. The van der Waals surface area contributed by atoms with E-state index in [9.17, 15) is 4.79 Å². The molecule has 5 nitrogen and oxygen atoms in total. The lowest BCUT2D eigenvalue weighted by Gasteiger charge is -2.39. The molecule has 0 N–H and O–H groups in total. The standard InChI is InChI=1S/C19H25NO4/c1-22-13-14-23-15-24-19-11-6-5-9-17(10-12-19)20(19)18(21)16-7-3-2-4-8-16/h2-4,7-8,10,12,17H,5-6,9,11,13-15H2,1H3/t17-,19-/m0/s1. The molecule has 0 aliphatic carbocycles. The highest BCUT2D eigenvalue weighted by Gasteiger charge is 2.47. The summed E-state index contributed by atoms with van der Waals surface area (Å²) in [6, 6.07) is 9.51. The van der Waals surface area contributed by atoms with Crippen molar-refractivity contribution >= 4 is 5.91 Å². The van der Waals surface area contributed by atoms with E-state index in [2.05, 4.69) is 6.08 Å². The summed E-state index contributed by atoms with van der Waals surface area (Å²) >= 11 is 0. The van der Waals surface area contributed by atoms with Gasteiger partial charge in [0.15, 0.2) is 5.72 Å². The van der Waals surface area contributed by atoms with Crippen LogP contribution in [-0.4, -0.2) is 49.7 Å². The topological polar surface area (TPSA) is 48.0 Å². The van der Waals surface area contributed by atoms with Crippen molar-refractivity contribution in [3.63, 3.8) is 0 Å². The molecule has 2 aliphatic rings. The van der Waals surface area contributed by atoms with Gasteiger partial charge in [0, 0.05) is 12.7 Å². The number of carbonyl (C=O) groups is 1. The maximum absolute atomic E-state index is 13.1. The maximum Gasteiger partial charge on any atom is 0.256 e. The molecule has 1 saturated heterocycles. The predicted octanol–water partition coefficient (Wildman–Crippen LogP) is 2.97. The van der Waals surface area contributed by atoms with E-state index in [0.717, 1.165) is 25.7 Å². The molecule has 130 valence electrons. The van der Waals surface area contributed by atoms with Gasteiger partial charge in [-0.15, -0.1) is 0 Å². The van der Waals surface area contributed by atoms with Gasteiger partial charge in [-0.05, 0) is 37.5 Å². The van der Waals surface area contributed by atoms with E-state index in [1.54, 1.807) is 7.11 Å². The van der Waals surface area contributed by atoms with Crippen LogP contribution in [0.5, 0.6) is 0 Å². The monoisotopic (exact) mass is 331 g/mol. The van der Waals surface area contributed by atoms with Crippen LogP contribution in [0.4, 0.5) is 0 Å². The highest BCUT2D eigenvalue weighted by atomic mass is 16.7. The maximum atomic E-state index is 13.1. The molecule has 1 amide bonds. The quantitative estimate of drug-likeness (QED) is 0.438. The fourth-order valence-electron chi connectivity index (χ4n) is 3.45. The molecule has 1 fully saturated rings. The fraction of sp³-hybridized carbons (Fsp3) is 0.526. The van der Waals surface area contributed by atoms with E-state index >= 15 is 0 Å². The molecule has 2 heterocycles. The molecule has 2 atom stereocenters. The summed E-state index contributed by atoms with van der Waals surface area (Å²) in [6.07, 6.45) is 8.06. The number of benzene rings is 1. The van der Waals surface area contributed by atoms with Crippen molar-refractivity contribution in [2.45, 2.75) is 37.5 Å². The summed E-state index contributed by atoms with van der Waals surface area (Å²) in [5.74, 6) is 0.0180. The molecule has 0 spiro atoms. The molecule has 2 aliphatic heterocycles. The smallest absolute Gasteiger partial charge is 0.256 e. The molecule has 5 heteroatoms. The Bertz CT molecular complexity index is 574. The third-order valence-corrected chi connectivity index (χ3v) is 4.67. The summed E-state index contributed by atoms with van der Waals surface area (Å²) in [7, 11) is 1.64. The molecule has 0 unspecified atom stereocenters. The van der Waals surface area contributed by atoms with Gasteiger partial charge in [-0.1, -0.05) is 30.7 Å². The second-order valence-corrected chi connectivity index (χ2v) is 6.22. The van der Waals surface area contributed by atoms with E-state index < -0.39 is 5.72 Å². The second-order valence-electron chi connectivity index (χ2n) is 6.22. The minimum absolute atomic E-state index is 0.0180. The summed E-state index contributed by atoms with van der Waals surface area (Å²) in [5, 5.41) is 0. The number of ether oxygens (including phenoxy) is 3.